The highest BCUT2D eigenvalue weighted by atomic mass is 16.5. The molecule has 0 saturated heterocycles. The first-order valence-electron chi connectivity index (χ1n) is 5.49. The molecule has 1 aromatic carbocycles. The van der Waals surface area contributed by atoms with Crippen molar-refractivity contribution in [2.75, 3.05) is 7.11 Å². The monoisotopic (exact) mass is 247 g/mol. The zero-order valence-corrected chi connectivity index (χ0v) is 10.1. The molecule has 0 spiro atoms. The third kappa shape index (κ3) is 1.92. The van der Waals surface area contributed by atoms with Gasteiger partial charge in [0.2, 0.25) is 0 Å². The van der Waals surface area contributed by atoms with Gasteiger partial charge in [-0.15, -0.1) is 5.10 Å². The van der Waals surface area contributed by atoms with E-state index in [1.54, 1.807) is 23.9 Å². The van der Waals surface area contributed by atoms with Crippen molar-refractivity contribution in [1.82, 2.24) is 15.0 Å². The van der Waals surface area contributed by atoms with Crippen LogP contribution in [-0.2, 0) is 6.54 Å². The standard InChI is InChI=1S/C12H13N3O3/c1-3-15-11(10(12(16)17)13-14-15)8-6-4-5-7-9(8)18-2/h4-7H,3H2,1-2H3,(H,16,17). The van der Waals surface area contributed by atoms with Crippen LogP contribution >= 0.6 is 0 Å². The molecule has 0 unspecified atom stereocenters. The molecule has 0 radical (unpaired) electrons. The highest BCUT2D eigenvalue weighted by Gasteiger charge is 2.22. The van der Waals surface area contributed by atoms with Crippen LogP contribution in [0.5, 0.6) is 5.75 Å². The van der Waals surface area contributed by atoms with Gasteiger partial charge in [0.05, 0.1) is 7.11 Å². The third-order valence-corrected chi connectivity index (χ3v) is 2.60. The number of nitrogens with zero attached hydrogens (tertiary/aromatic N) is 3. The van der Waals surface area contributed by atoms with Crippen LogP contribution in [-0.4, -0.2) is 33.2 Å². The van der Waals surface area contributed by atoms with Crippen LogP contribution in [0, 0.1) is 0 Å². The molecule has 0 atom stereocenters. The van der Waals surface area contributed by atoms with Crippen LogP contribution in [0.15, 0.2) is 24.3 Å². The van der Waals surface area contributed by atoms with Crippen molar-refractivity contribution in [3.8, 4) is 17.0 Å². The topological polar surface area (TPSA) is 77.2 Å². The van der Waals surface area contributed by atoms with Crippen LogP contribution in [0.25, 0.3) is 11.3 Å². The number of carboxylic acid groups (broad SMARTS) is 1. The zero-order valence-electron chi connectivity index (χ0n) is 10.1. The number of rotatable bonds is 4. The van der Waals surface area contributed by atoms with E-state index in [9.17, 15) is 4.79 Å². The highest BCUT2D eigenvalue weighted by Crippen LogP contribution is 2.31. The van der Waals surface area contributed by atoms with Crippen LogP contribution < -0.4 is 4.74 Å². The van der Waals surface area contributed by atoms with Gasteiger partial charge in [0.25, 0.3) is 0 Å². The number of ether oxygens (including phenoxy) is 1. The first-order chi connectivity index (χ1) is 8.69. The number of aryl methyl sites for hydroxylation is 1. The number of hydrogen-bond acceptors (Lipinski definition) is 4. The Hall–Kier alpha value is -2.37. The van der Waals surface area contributed by atoms with Gasteiger partial charge in [-0.25, -0.2) is 9.48 Å². The minimum atomic E-state index is -1.10. The molecule has 18 heavy (non-hydrogen) atoms. The maximum Gasteiger partial charge on any atom is 0.358 e. The summed E-state index contributed by atoms with van der Waals surface area (Å²) in [4.78, 5) is 11.2. The van der Waals surface area contributed by atoms with E-state index in [4.69, 9.17) is 9.84 Å². The van der Waals surface area contributed by atoms with Crippen LogP contribution in [0.3, 0.4) is 0 Å². The van der Waals surface area contributed by atoms with Gasteiger partial charge in [-0.2, -0.15) is 0 Å². The van der Waals surface area contributed by atoms with E-state index in [2.05, 4.69) is 10.3 Å². The summed E-state index contributed by atoms with van der Waals surface area (Å²) < 4.78 is 6.78. The number of aromatic carboxylic acids is 1. The molecule has 94 valence electrons. The second-order valence-corrected chi connectivity index (χ2v) is 3.61. The maximum absolute atomic E-state index is 11.2. The summed E-state index contributed by atoms with van der Waals surface area (Å²) in [6.45, 7) is 2.41. The Bertz CT molecular complexity index is 578. The Morgan fingerprint density at radius 3 is 2.78 bits per heavy atom. The van der Waals surface area contributed by atoms with Crippen LogP contribution in [0.2, 0.25) is 0 Å². The fourth-order valence-corrected chi connectivity index (χ4v) is 1.79. The molecule has 0 fully saturated rings. The number of methoxy groups -OCH3 is 1. The van der Waals surface area contributed by atoms with Crippen molar-refractivity contribution in [2.24, 2.45) is 0 Å². The molecular weight excluding hydrogens is 234 g/mol. The molecule has 0 aliphatic carbocycles. The fourth-order valence-electron chi connectivity index (χ4n) is 1.79. The van der Waals surface area contributed by atoms with Gasteiger partial charge in [0, 0.05) is 12.1 Å². The van der Waals surface area contributed by atoms with Gasteiger partial charge < -0.3 is 9.84 Å². The lowest BCUT2D eigenvalue weighted by Gasteiger charge is -2.09. The van der Waals surface area contributed by atoms with Crippen LogP contribution in [0.4, 0.5) is 0 Å². The summed E-state index contributed by atoms with van der Waals surface area (Å²) in [6.07, 6.45) is 0. The van der Waals surface area contributed by atoms with Crippen molar-refractivity contribution >= 4 is 5.97 Å². The van der Waals surface area contributed by atoms with Crippen molar-refractivity contribution in [1.29, 1.82) is 0 Å². The Labute approximate surface area is 104 Å². The molecule has 0 amide bonds. The fraction of sp³-hybridized carbons (Fsp3) is 0.250. The predicted octanol–water partition coefficient (Wildman–Crippen LogP) is 1.67. The molecule has 0 aliphatic rings. The molecule has 0 bridgehead atoms. The number of carboxylic acids is 1. The Morgan fingerprint density at radius 2 is 2.17 bits per heavy atom. The van der Waals surface area contributed by atoms with E-state index < -0.39 is 5.97 Å². The minimum Gasteiger partial charge on any atom is -0.496 e. The van der Waals surface area contributed by atoms with E-state index >= 15 is 0 Å². The van der Waals surface area contributed by atoms with Crippen molar-refractivity contribution in [2.45, 2.75) is 13.5 Å². The first kappa shape index (κ1) is 12.1. The number of carbonyl (C=O) groups is 1. The molecule has 0 saturated carbocycles. The van der Waals surface area contributed by atoms with Gasteiger partial charge in [0.15, 0.2) is 5.69 Å². The summed E-state index contributed by atoms with van der Waals surface area (Å²) in [5.41, 5.74) is 1.06. The maximum atomic E-state index is 11.2. The molecule has 1 heterocycles. The molecule has 0 aliphatic heterocycles. The van der Waals surface area contributed by atoms with Gasteiger partial charge >= 0.3 is 5.97 Å². The van der Waals surface area contributed by atoms with E-state index in [0.717, 1.165) is 0 Å². The van der Waals surface area contributed by atoms with Gasteiger partial charge in [-0.05, 0) is 19.1 Å². The van der Waals surface area contributed by atoms with E-state index in [0.29, 0.717) is 23.6 Å². The minimum absolute atomic E-state index is 0.0682. The molecule has 1 aromatic heterocycles. The Kier molecular flexibility index (Phi) is 3.27. The molecule has 6 heteroatoms. The second kappa shape index (κ2) is 4.87. The van der Waals surface area contributed by atoms with Crippen molar-refractivity contribution in [3.05, 3.63) is 30.0 Å². The Balaban J connectivity index is 2.68. The molecule has 2 rings (SSSR count). The van der Waals surface area contributed by atoms with E-state index in [1.165, 1.54) is 0 Å². The van der Waals surface area contributed by atoms with Crippen molar-refractivity contribution < 1.29 is 14.6 Å². The van der Waals surface area contributed by atoms with Crippen LogP contribution in [0.1, 0.15) is 17.4 Å². The molecular formula is C12H13N3O3. The summed E-state index contributed by atoms with van der Waals surface area (Å²) in [6, 6.07) is 7.20. The lowest BCUT2D eigenvalue weighted by Crippen LogP contribution is -2.04. The number of para-hydroxylation sites is 1. The lowest BCUT2D eigenvalue weighted by atomic mass is 10.1. The van der Waals surface area contributed by atoms with E-state index in [-0.39, 0.29) is 5.69 Å². The third-order valence-electron chi connectivity index (χ3n) is 2.60. The summed E-state index contributed by atoms with van der Waals surface area (Å²) in [7, 11) is 1.54. The SMILES string of the molecule is CCn1nnc(C(=O)O)c1-c1ccccc1OC. The zero-order chi connectivity index (χ0) is 13.1. The smallest absolute Gasteiger partial charge is 0.358 e. The average Bonchev–Trinajstić information content (AvgIpc) is 2.82. The van der Waals surface area contributed by atoms with E-state index in [1.807, 2.05) is 19.1 Å². The number of benzene rings is 1. The highest BCUT2D eigenvalue weighted by molar-refractivity contribution is 5.93. The molecule has 1 N–H and O–H groups in total. The second-order valence-electron chi connectivity index (χ2n) is 3.61. The lowest BCUT2D eigenvalue weighted by molar-refractivity contribution is 0.0691. The quantitative estimate of drug-likeness (QED) is 0.889. The molecule has 2 aromatic rings. The average molecular weight is 247 g/mol. The van der Waals surface area contributed by atoms with Crippen molar-refractivity contribution in [3.63, 3.8) is 0 Å². The van der Waals surface area contributed by atoms with Gasteiger partial charge in [-0.3, -0.25) is 0 Å². The predicted molar refractivity (Wildman–Crippen MR) is 64.6 cm³/mol. The number of aromatic nitrogens is 3. The summed E-state index contributed by atoms with van der Waals surface area (Å²) in [5.74, 6) is -0.507. The van der Waals surface area contributed by atoms with Gasteiger partial charge in [0.1, 0.15) is 11.4 Å². The summed E-state index contributed by atoms with van der Waals surface area (Å²) >= 11 is 0. The first-order valence-corrected chi connectivity index (χ1v) is 5.49. The number of hydrogen-bond donors (Lipinski definition) is 1. The summed E-state index contributed by atoms with van der Waals surface area (Å²) in [5, 5.41) is 16.7. The molecule has 6 nitrogen and oxygen atoms in total. The normalized spacial score (nSPS) is 10.3. The Morgan fingerprint density at radius 1 is 1.44 bits per heavy atom. The van der Waals surface area contributed by atoms with Gasteiger partial charge in [-0.1, -0.05) is 17.3 Å². The largest absolute Gasteiger partial charge is 0.496 e.